The van der Waals surface area contributed by atoms with Crippen molar-refractivity contribution >= 4 is 33.3 Å². The van der Waals surface area contributed by atoms with Crippen LogP contribution in [-0.2, 0) is 25.8 Å². The third kappa shape index (κ3) is 3.17. The Labute approximate surface area is 167 Å². The molecule has 2 aliphatic carbocycles. The van der Waals surface area contributed by atoms with E-state index in [0.29, 0.717) is 12.5 Å². The number of fused-ring (bicyclic) bond motifs is 3. The van der Waals surface area contributed by atoms with Crippen molar-refractivity contribution in [2.45, 2.75) is 74.5 Å². The highest BCUT2D eigenvalue weighted by Gasteiger charge is 2.30. The van der Waals surface area contributed by atoms with Crippen molar-refractivity contribution in [3.05, 3.63) is 22.1 Å². The van der Waals surface area contributed by atoms with Crippen LogP contribution in [0.15, 0.2) is 10.2 Å². The molecule has 0 bridgehead atoms. The van der Waals surface area contributed by atoms with Gasteiger partial charge in [0.25, 0.3) is 0 Å². The van der Waals surface area contributed by atoms with Crippen LogP contribution in [0.25, 0.3) is 10.2 Å². The van der Waals surface area contributed by atoms with Gasteiger partial charge in [0.05, 0.1) is 0 Å². The zero-order chi connectivity index (χ0) is 18.4. The van der Waals surface area contributed by atoms with Crippen molar-refractivity contribution in [2.24, 2.45) is 5.73 Å². The summed E-state index contributed by atoms with van der Waals surface area (Å²) in [6, 6.07) is 0. The van der Waals surface area contributed by atoms with Crippen molar-refractivity contribution in [2.75, 3.05) is 6.54 Å². The van der Waals surface area contributed by atoms with Gasteiger partial charge in [0.15, 0.2) is 5.16 Å². The third-order valence-electron chi connectivity index (χ3n) is 5.41. The maximum absolute atomic E-state index is 5.74. The van der Waals surface area contributed by atoms with Crippen molar-refractivity contribution in [1.29, 1.82) is 0 Å². The van der Waals surface area contributed by atoms with Gasteiger partial charge in [-0.1, -0.05) is 0 Å². The molecule has 27 heavy (non-hydrogen) atoms. The van der Waals surface area contributed by atoms with Gasteiger partial charge in [-0.3, -0.25) is 0 Å². The van der Waals surface area contributed by atoms with Gasteiger partial charge < -0.3 is 10.3 Å². The molecular formula is C19H24N6S2. The van der Waals surface area contributed by atoms with Crippen molar-refractivity contribution in [1.82, 2.24) is 24.7 Å². The number of hydrogen-bond donors (Lipinski definition) is 1. The molecule has 0 radical (unpaired) electrons. The van der Waals surface area contributed by atoms with Gasteiger partial charge in [0.2, 0.25) is 0 Å². The third-order valence-corrected chi connectivity index (χ3v) is 7.57. The highest BCUT2D eigenvalue weighted by molar-refractivity contribution is 7.99. The zero-order valence-corrected chi connectivity index (χ0v) is 17.2. The summed E-state index contributed by atoms with van der Waals surface area (Å²) >= 11 is 3.54. The summed E-state index contributed by atoms with van der Waals surface area (Å²) in [6.45, 7) is 3.56. The molecule has 0 saturated heterocycles. The minimum atomic E-state index is 0.546. The van der Waals surface area contributed by atoms with Crippen molar-refractivity contribution < 1.29 is 0 Å². The second-order valence-corrected chi connectivity index (χ2v) is 9.38. The molecule has 1 saturated carbocycles. The lowest BCUT2D eigenvalue weighted by molar-refractivity contribution is 0.639. The first-order valence-corrected chi connectivity index (χ1v) is 11.5. The monoisotopic (exact) mass is 400 g/mol. The number of hydrogen-bond acceptors (Lipinski definition) is 7. The Hall–Kier alpha value is -1.51. The SMILES string of the molecule is CCn1c(CCN)nnc1Sc1nc(C2CC2)nc2sc3c(c12)CCCC3. The maximum Gasteiger partial charge on any atom is 0.197 e. The Morgan fingerprint density at radius 1 is 1.19 bits per heavy atom. The van der Waals surface area contributed by atoms with E-state index in [0.717, 1.165) is 41.2 Å². The lowest BCUT2D eigenvalue weighted by Gasteiger charge is -2.12. The Kier molecular flexibility index (Phi) is 4.65. The van der Waals surface area contributed by atoms with Crippen LogP contribution in [0.4, 0.5) is 0 Å². The summed E-state index contributed by atoms with van der Waals surface area (Å²) in [5.41, 5.74) is 7.22. The molecular weight excluding hydrogens is 376 g/mol. The van der Waals surface area contributed by atoms with Crippen LogP contribution < -0.4 is 5.73 Å². The normalized spacial score (nSPS) is 16.8. The standard InChI is InChI=1S/C19H24N6S2/c1-2-25-14(9-10-20)23-24-19(25)27-18-15-12-5-3-4-6-13(12)26-17(15)21-16(22-18)11-7-8-11/h11H,2-10,20H2,1H3. The zero-order valence-electron chi connectivity index (χ0n) is 15.6. The smallest absolute Gasteiger partial charge is 0.197 e. The number of nitrogens with zero attached hydrogens (tertiary/aromatic N) is 5. The Morgan fingerprint density at radius 2 is 2.04 bits per heavy atom. The van der Waals surface area contributed by atoms with E-state index in [4.69, 9.17) is 15.7 Å². The second-order valence-electron chi connectivity index (χ2n) is 7.34. The van der Waals surface area contributed by atoms with E-state index in [-0.39, 0.29) is 0 Å². The topological polar surface area (TPSA) is 82.5 Å². The largest absolute Gasteiger partial charge is 0.330 e. The lowest BCUT2D eigenvalue weighted by Crippen LogP contribution is -2.10. The maximum atomic E-state index is 5.74. The molecule has 0 amide bonds. The molecule has 2 aliphatic rings. The molecule has 142 valence electrons. The molecule has 3 heterocycles. The average Bonchev–Trinajstić information content (AvgIpc) is 3.36. The minimum Gasteiger partial charge on any atom is -0.330 e. The van der Waals surface area contributed by atoms with Gasteiger partial charge in [0.1, 0.15) is 21.5 Å². The first-order valence-electron chi connectivity index (χ1n) is 9.90. The molecule has 2 N–H and O–H groups in total. The first kappa shape index (κ1) is 17.6. The molecule has 3 aromatic rings. The van der Waals surface area contributed by atoms with Gasteiger partial charge in [-0.2, -0.15) is 0 Å². The van der Waals surface area contributed by atoms with Gasteiger partial charge in [-0.25, -0.2) is 9.97 Å². The Morgan fingerprint density at radius 3 is 2.81 bits per heavy atom. The molecule has 6 nitrogen and oxygen atoms in total. The average molecular weight is 401 g/mol. The number of rotatable bonds is 6. The Bertz CT molecular complexity index is 988. The molecule has 0 aromatic carbocycles. The fourth-order valence-electron chi connectivity index (χ4n) is 3.85. The predicted octanol–water partition coefficient (Wildman–Crippen LogP) is 3.71. The summed E-state index contributed by atoms with van der Waals surface area (Å²) in [4.78, 5) is 12.7. The quantitative estimate of drug-likeness (QED) is 0.635. The highest BCUT2D eigenvalue weighted by Crippen LogP contribution is 2.44. The second kappa shape index (κ2) is 7.14. The number of aryl methyl sites for hydroxylation is 2. The van der Waals surface area contributed by atoms with E-state index in [2.05, 4.69) is 21.7 Å². The summed E-state index contributed by atoms with van der Waals surface area (Å²) in [7, 11) is 0. The molecule has 5 rings (SSSR count). The summed E-state index contributed by atoms with van der Waals surface area (Å²) in [5.74, 6) is 2.53. The fraction of sp³-hybridized carbons (Fsp3) is 0.579. The van der Waals surface area contributed by atoms with E-state index >= 15 is 0 Å². The van der Waals surface area contributed by atoms with Crippen LogP contribution in [0.3, 0.4) is 0 Å². The van der Waals surface area contributed by atoms with E-state index in [1.165, 1.54) is 52.8 Å². The van der Waals surface area contributed by atoms with E-state index in [1.807, 2.05) is 11.3 Å². The minimum absolute atomic E-state index is 0.546. The summed E-state index contributed by atoms with van der Waals surface area (Å²) in [5, 5.41) is 12.1. The van der Waals surface area contributed by atoms with Crippen LogP contribution >= 0.6 is 23.1 Å². The lowest BCUT2D eigenvalue weighted by atomic mass is 9.97. The molecule has 8 heteroatoms. The fourth-order valence-corrected chi connectivity index (χ4v) is 6.24. The van der Waals surface area contributed by atoms with E-state index < -0.39 is 0 Å². The van der Waals surface area contributed by atoms with Gasteiger partial charge >= 0.3 is 0 Å². The van der Waals surface area contributed by atoms with Crippen LogP contribution in [-0.4, -0.2) is 31.3 Å². The van der Waals surface area contributed by atoms with Crippen LogP contribution in [0.1, 0.15) is 60.6 Å². The predicted molar refractivity (Wildman–Crippen MR) is 109 cm³/mol. The molecule has 0 spiro atoms. The van der Waals surface area contributed by atoms with Gasteiger partial charge in [-0.05, 0) is 69.3 Å². The van der Waals surface area contributed by atoms with Crippen molar-refractivity contribution in [3.63, 3.8) is 0 Å². The molecule has 3 aromatic heterocycles. The van der Waals surface area contributed by atoms with Crippen LogP contribution in [0, 0.1) is 0 Å². The molecule has 0 atom stereocenters. The highest BCUT2D eigenvalue weighted by atomic mass is 32.2. The number of nitrogens with two attached hydrogens (primary N) is 1. The van der Waals surface area contributed by atoms with Gasteiger partial charge in [0, 0.05) is 29.1 Å². The van der Waals surface area contributed by atoms with Crippen LogP contribution in [0.5, 0.6) is 0 Å². The first-order chi connectivity index (χ1) is 13.3. The number of thiophene rings is 1. The van der Waals surface area contributed by atoms with Crippen molar-refractivity contribution in [3.8, 4) is 0 Å². The summed E-state index contributed by atoms with van der Waals surface area (Å²) < 4.78 is 2.17. The van der Waals surface area contributed by atoms with E-state index in [9.17, 15) is 0 Å². The van der Waals surface area contributed by atoms with E-state index in [1.54, 1.807) is 11.8 Å². The molecule has 1 fully saturated rings. The molecule has 0 unspecified atom stereocenters. The Balaban J connectivity index is 1.62. The molecule has 0 aliphatic heterocycles. The summed E-state index contributed by atoms with van der Waals surface area (Å²) in [6.07, 6.45) is 8.07. The number of aromatic nitrogens is 5. The van der Waals surface area contributed by atoms with Gasteiger partial charge in [-0.15, -0.1) is 21.5 Å². The van der Waals surface area contributed by atoms with Crippen LogP contribution in [0.2, 0.25) is 0 Å².